The third kappa shape index (κ3) is 5.68. The maximum absolute atomic E-state index is 14.4. The van der Waals surface area contributed by atoms with E-state index in [4.69, 9.17) is 19.9 Å². The van der Waals surface area contributed by atoms with Crippen molar-refractivity contribution in [3.63, 3.8) is 0 Å². The topological polar surface area (TPSA) is 154 Å². The predicted octanol–water partition coefficient (Wildman–Crippen LogP) is 2.18. The molecule has 0 radical (unpaired) electrons. The molecule has 4 rings (SSSR count). The Hall–Kier alpha value is -3.89. The molecule has 1 unspecified atom stereocenters. The highest BCUT2D eigenvalue weighted by molar-refractivity contribution is 6.00. The van der Waals surface area contributed by atoms with Crippen molar-refractivity contribution in [3.8, 4) is 5.75 Å². The molecule has 1 aromatic carbocycles. The van der Waals surface area contributed by atoms with Gasteiger partial charge in [0.05, 0.1) is 13.8 Å². The zero-order chi connectivity index (χ0) is 29.4. The molecule has 2 aromatic rings. The van der Waals surface area contributed by atoms with Gasteiger partial charge in [0.1, 0.15) is 17.6 Å². The van der Waals surface area contributed by atoms with E-state index >= 15 is 0 Å². The molecule has 0 aliphatic carbocycles. The summed E-state index contributed by atoms with van der Waals surface area (Å²) < 4.78 is 85.4. The van der Waals surface area contributed by atoms with Crippen LogP contribution in [0.5, 0.6) is 5.75 Å². The van der Waals surface area contributed by atoms with Crippen molar-refractivity contribution in [2.45, 2.75) is 43.2 Å². The number of methoxy groups -OCH3 is 1. The first-order chi connectivity index (χ1) is 18.7. The van der Waals surface area contributed by atoms with Crippen LogP contribution >= 0.6 is 0 Å². The van der Waals surface area contributed by atoms with Gasteiger partial charge in [-0.05, 0) is 25.5 Å². The molecule has 0 bridgehead atoms. The number of nitrogens with two attached hydrogens (primary N) is 1. The number of primary amides is 1. The first-order valence-corrected chi connectivity index (χ1v) is 11.8. The van der Waals surface area contributed by atoms with Crippen molar-refractivity contribution in [2.75, 3.05) is 31.0 Å². The minimum atomic E-state index is -4.93. The summed E-state index contributed by atoms with van der Waals surface area (Å²) >= 11 is 0. The van der Waals surface area contributed by atoms with E-state index < -0.39 is 71.4 Å². The Morgan fingerprint density at radius 3 is 2.50 bits per heavy atom. The molecule has 40 heavy (non-hydrogen) atoms. The van der Waals surface area contributed by atoms with Crippen molar-refractivity contribution in [3.05, 3.63) is 47.2 Å². The molecular formula is C24H24F5N5O6. The Kier molecular flexibility index (Phi) is 7.96. The monoisotopic (exact) mass is 573 g/mol. The maximum atomic E-state index is 14.4. The van der Waals surface area contributed by atoms with Gasteiger partial charge in [0.2, 0.25) is 5.82 Å². The van der Waals surface area contributed by atoms with Crippen molar-refractivity contribution in [2.24, 2.45) is 5.73 Å². The maximum Gasteiger partial charge on any atom is 0.417 e. The number of anilines is 2. The number of nitrogens with zero attached hydrogens (tertiary/aromatic N) is 1. The summed E-state index contributed by atoms with van der Waals surface area (Å²) in [5.74, 6) is -7.83. The number of carbonyl (C=O) groups excluding carboxylic acids is 3. The summed E-state index contributed by atoms with van der Waals surface area (Å²) in [7, 11) is 1.00. The summed E-state index contributed by atoms with van der Waals surface area (Å²) in [5, 5.41) is 7.55. The van der Waals surface area contributed by atoms with E-state index in [2.05, 4.69) is 20.9 Å². The first kappa shape index (κ1) is 29.1. The van der Waals surface area contributed by atoms with Gasteiger partial charge >= 0.3 is 6.18 Å². The van der Waals surface area contributed by atoms with Crippen LogP contribution in [0.25, 0.3) is 0 Å². The van der Waals surface area contributed by atoms with Crippen LogP contribution in [0.15, 0.2) is 24.3 Å². The van der Waals surface area contributed by atoms with Gasteiger partial charge in [0, 0.05) is 29.8 Å². The van der Waals surface area contributed by atoms with E-state index in [0.717, 1.165) is 32.2 Å². The van der Waals surface area contributed by atoms with E-state index in [1.807, 2.05) is 0 Å². The van der Waals surface area contributed by atoms with Gasteiger partial charge in [-0.15, -0.1) is 0 Å². The fourth-order valence-electron chi connectivity index (χ4n) is 4.47. The summed E-state index contributed by atoms with van der Waals surface area (Å²) in [6, 6.07) is 3.88. The van der Waals surface area contributed by atoms with Crippen LogP contribution in [0.1, 0.15) is 35.3 Å². The molecule has 2 aliphatic heterocycles. The molecule has 2 fully saturated rings. The molecule has 5 N–H and O–H groups in total. The molecule has 3 heterocycles. The standard InChI is InChI=1S/C24H24F5N5O6/c1-23(24(27,28)29)7-12(11-3-4-13(25)17(26)18(11)38-2)19(40-23)22(37)32-10-5-14(20(30)35)33-16(6-10)34-21(36)15-8-31-9-39-15/h3-6,12,15,19,31H,7-9H2,1-2H3,(H2,30,35)(H2,32,33,34,36,37)/t12-,15?,19+,23+/m0/s1. The number of halogens is 5. The molecule has 4 atom stereocenters. The van der Waals surface area contributed by atoms with Crippen LogP contribution in [0.2, 0.25) is 0 Å². The number of hydrogen-bond donors (Lipinski definition) is 4. The Labute approximate surface area is 223 Å². The number of benzene rings is 1. The Morgan fingerprint density at radius 1 is 1.18 bits per heavy atom. The number of carbonyl (C=O) groups is 3. The van der Waals surface area contributed by atoms with E-state index in [9.17, 15) is 36.3 Å². The molecule has 0 saturated carbocycles. The third-order valence-corrected chi connectivity index (χ3v) is 6.51. The van der Waals surface area contributed by atoms with Crippen LogP contribution in [0.3, 0.4) is 0 Å². The third-order valence-electron chi connectivity index (χ3n) is 6.51. The lowest BCUT2D eigenvalue weighted by atomic mass is 9.85. The average molecular weight is 573 g/mol. The number of ether oxygens (including phenoxy) is 3. The number of hydrogen-bond acceptors (Lipinski definition) is 8. The Bertz CT molecular complexity index is 1340. The van der Waals surface area contributed by atoms with Crippen LogP contribution < -0.4 is 26.4 Å². The van der Waals surface area contributed by atoms with Gasteiger partial charge in [-0.1, -0.05) is 6.07 Å². The second-order valence-corrected chi connectivity index (χ2v) is 9.28. The normalized spacial score (nSPS) is 24.5. The number of nitrogens with one attached hydrogen (secondary N) is 3. The number of alkyl halides is 3. The number of amides is 3. The number of aromatic nitrogens is 1. The molecule has 11 nitrogen and oxygen atoms in total. The lowest BCUT2D eigenvalue weighted by molar-refractivity contribution is -0.261. The summed E-state index contributed by atoms with van der Waals surface area (Å²) in [6.45, 7) is 1.07. The summed E-state index contributed by atoms with van der Waals surface area (Å²) in [5.41, 5.74) is 1.70. The minimum absolute atomic E-state index is 0.135. The van der Waals surface area contributed by atoms with Crippen molar-refractivity contribution < 1.29 is 50.5 Å². The fraction of sp³-hybridized carbons (Fsp3) is 0.417. The first-order valence-electron chi connectivity index (χ1n) is 11.8. The fourth-order valence-corrected chi connectivity index (χ4v) is 4.47. The summed E-state index contributed by atoms with van der Waals surface area (Å²) in [6.07, 6.45) is -8.49. The zero-order valence-corrected chi connectivity index (χ0v) is 21.0. The van der Waals surface area contributed by atoms with Gasteiger partial charge < -0.3 is 30.6 Å². The average Bonchev–Trinajstić information content (AvgIpc) is 3.54. The van der Waals surface area contributed by atoms with Crippen molar-refractivity contribution >= 4 is 29.2 Å². The largest absolute Gasteiger partial charge is 0.493 e. The van der Waals surface area contributed by atoms with E-state index in [0.29, 0.717) is 6.07 Å². The second-order valence-electron chi connectivity index (χ2n) is 9.28. The lowest BCUT2D eigenvalue weighted by Crippen LogP contribution is -2.43. The molecule has 216 valence electrons. The lowest BCUT2D eigenvalue weighted by Gasteiger charge is -2.27. The highest BCUT2D eigenvalue weighted by Gasteiger charge is 2.61. The molecule has 2 saturated heterocycles. The predicted molar refractivity (Wildman–Crippen MR) is 127 cm³/mol. The van der Waals surface area contributed by atoms with Crippen LogP contribution in [-0.2, 0) is 19.1 Å². The van der Waals surface area contributed by atoms with Crippen molar-refractivity contribution in [1.29, 1.82) is 0 Å². The molecular weight excluding hydrogens is 549 g/mol. The molecule has 1 aromatic heterocycles. The SMILES string of the molecule is COc1c([C@@H]2C[C@](C)(C(F)(F)F)O[C@H]2C(=O)Nc2cc(NC(=O)C3CNCO3)nc(C(N)=O)c2)ccc(F)c1F. The van der Waals surface area contributed by atoms with Crippen LogP contribution in [0.4, 0.5) is 33.5 Å². The van der Waals surface area contributed by atoms with Gasteiger partial charge in [0.15, 0.2) is 23.3 Å². The van der Waals surface area contributed by atoms with E-state index in [1.165, 1.54) is 0 Å². The number of rotatable bonds is 7. The highest BCUT2D eigenvalue weighted by atomic mass is 19.4. The van der Waals surface area contributed by atoms with E-state index in [1.54, 1.807) is 0 Å². The van der Waals surface area contributed by atoms with E-state index in [-0.39, 0.29) is 36.0 Å². The Balaban J connectivity index is 1.67. The zero-order valence-electron chi connectivity index (χ0n) is 21.0. The summed E-state index contributed by atoms with van der Waals surface area (Å²) in [4.78, 5) is 41.4. The Morgan fingerprint density at radius 2 is 1.90 bits per heavy atom. The minimum Gasteiger partial charge on any atom is -0.493 e. The van der Waals surface area contributed by atoms with Gasteiger partial charge in [-0.25, -0.2) is 9.37 Å². The van der Waals surface area contributed by atoms with Crippen LogP contribution in [-0.4, -0.2) is 67.1 Å². The smallest absolute Gasteiger partial charge is 0.417 e. The number of pyridine rings is 1. The van der Waals surface area contributed by atoms with Gasteiger partial charge in [-0.3, -0.25) is 19.7 Å². The molecule has 16 heteroatoms. The quantitative estimate of drug-likeness (QED) is 0.368. The van der Waals surface area contributed by atoms with Gasteiger partial charge in [-0.2, -0.15) is 17.6 Å². The molecule has 0 spiro atoms. The van der Waals surface area contributed by atoms with Crippen LogP contribution in [0, 0.1) is 11.6 Å². The van der Waals surface area contributed by atoms with Crippen molar-refractivity contribution in [1.82, 2.24) is 10.3 Å². The second kappa shape index (κ2) is 10.9. The molecule has 3 amide bonds. The van der Waals surface area contributed by atoms with Gasteiger partial charge in [0.25, 0.3) is 17.7 Å². The highest BCUT2D eigenvalue weighted by Crippen LogP contribution is 2.51. The molecule has 2 aliphatic rings.